The van der Waals surface area contributed by atoms with Crippen molar-refractivity contribution in [3.63, 3.8) is 0 Å². The van der Waals surface area contributed by atoms with Gasteiger partial charge in [-0.05, 0) is 38.2 Å². The van der Waals surface area contributed by atoms with E-state index in [9.17, 15) is 4.79 Å². The second-order valence-corrected chi connectivity index (χ2v) is 3.79. The van der Waals surface area contributed by atoms with Gasteiger partial charge >= 0.3 is 0 Å². The Balaban J connectivity index is 0.00000289. The summed E-state index contributed by atoms with van der Waals surface area (Å²) in [5.74, 6) is 0.824. The first-order chi connectivity index (χ1) is 8.19. The number of nitrogens with zero attached hydrogens (tertiary/aromatic N) is 1. The van der Waals surface area contributed by atoms with Crippen LogP contribution in [-0.2, 0) is 0 Å². The Morgan fingerprint density at radius 2 is 1.94 bits per heavy atom. The number of benzene rings is 1. The number of likely N-dealkylation sites (N-methyl/N-ethyl adjacent to an activating group) is 2. The van der Waals surface area contributed by atoms with E-state index in [0.29, 0.717) is 18.7 Å². The van der Waals surface area contributed by atoms with Crippen molar-refractivity contribution in [1.29, 1.82) is 0 Å². The van der Waals surface area contributed by atoms with Gasteiger partial charge < -0.3 is 15.0 Å². The first-order valence-electron chi connectivity index (χ1n) is 5.82. The van der Waals surface area contributed by atoms with Crippen LogP contribution in [0.2, 0.25) is 0 Å². The molecule has 0 saturated carbocycles. The molecule has 0 aromatic heterocycles. The molecular formula is C13H21ClN2O2. The fourth-order valence-electron chi connectivity index (χ4n) is 1.46. The van der Waals surface area contributed by atoms with Gasteiger partial charge in [-0.15, -0.1) is 12.4 Å². The van der Waals surface area contributed by atoms with Crippen LogP contribution in [0.15, 0.2) is 24.3 Å². The zero-order valence-electron chi connectivity index (χ0n) is 11.1. The van der Waals surface area contributed by atoms with Crippen LogP contribution in [0.4, 0.5) is 0 Å². The van der Waals surface area contributed by atoms with E-state index >= 15 is 0 Å². The average molecular weight is 273 g/mol. The van der Waals surface area contributed by atoms with Gasteiger partial charge in [0.25, 0.3) is 5.91 Å². The van der Waals surface area contributed by atoms with Crippen LogP contribution in [0.3, 0.4) is 0 Å². The maximum atomic E-state index is 12.0. The van der Waals surface area contributed by atoms with Crippen molar-refractivity contribution in [2.45, 2.75) is 6.92 Å². The number of hydrogen-bond donors (Lipinski definition) is 1. The van der Waals surface area contributed by atoms with Gasteiger partial charge in [0.2, 0.25) is 0 Å². The molecule has 5 heteroatoms. The molecule has 1 aromatic carbocycles. The maximum absolute atomic E-state index is 12.0. The topological polar surface area (TPSA) is 41.6 Å². The highest BCUT2D eigenvalue weighted by atomic mass is 35.5. The summed E-state index contributed by atoms with van der Waals surface area (Å²) >= 11 is 0. The molecule has 18 heavy (non-hydrogen) atoms. The van der Waals surface area contributed by atoms with Gasteiger partial charge in [-0.3, -0.25) is 4.79 Å². The van der Waals surface area contributed by atoms with Crippen LogP contribution in [0.5, 0.6) is 5.75 Å². The van der Waals surface area contributed by atoms with Crippen molar-refractivity contribution < 1.29 is 9.53 Å². The highest BCUT2D eigenvalue weighted by molar-refractivity contribution is 5.94. The molecule has 0 saturated heterocycles. The van der Waals surface area contributed by atoms with Crippen molar-refractivity contribution in [2.75, 3.05) is 33.8 Å². The van der Waals surface area contributed by atoms with Crippen LogP contribution >= 0.6 is 12.4 Å². The van der Waals surface area contributed by atoms with Crippen molar-refractivity contribution in [3.05, 3.63) is 29.8 Å². The quantitative estimate of drug-likeness (QED) is 0.859. The highest BCUT2D eigenvalue weighted by Crippen LogP contribution is 2.13. The van der Waals surface area contributed by atoms with Gasteiger partial charge in [0.15, 0.2) is 0 Å². The standard InChI is InChI=1S/C13H20N2O2.ClH/c1-4-17-12-7-5-11(6-8-12)13(16)15(3)10-9-14-2;/h5-8,14H,4,9-10H2,1-3H3;1H. The zero-order valence-corrected chi connectivity index (χ0v) is 11.9. The molecule has 0 unspecified atom stereocenters. The Labute approximate surface area is 115 Å². The van der Waals surface area contributed by atoms with E-state index in [2.05, 4.69) is 5.32 Å². The lowest BCUT2D eigenvalue weighted by Crippen LogP contribution is -2.32. The fraction of sp³-hybridized carbons (Fsp3) is 0.462. The predicted octanol–water partition coefficient (Wildman–Crippen LogP) is 1.80. The molecule has 0 spiro atoms. The summed E-state index contributed by atoms with van der Waals surface area (Å²) < 4.78 is 5.33. The van der Waals surface area contributed by atoms with E-state index in [1.165, 1.54) is 0 Å². The lowest BCUT2D eigenvalue weighted by molar-refractivity contribution is 0.0797. The molecule has 0 aliphatic carbocycles. The van der Waals surface area contributed by atoms with Crippen LogP contribution in [-0.4, -0.2) is 44.6 Å². The minimum atomic E-state index is 0. The Morgan fingerprint density at radius 3 is 2.44 bits per heavy atom. The molecule has 4 nitrogen and oxygen atoms in total. The molecule has 0 heterocycles. The summed E-state index contributed by atoms with van der Waals surface area (Å²) in [5.41, 5.74) is 0.687. The maximum Gasteiger partial charge on any atom is 0.253 e. The predicted molar refractivity (Wildman–Crippen MR) is 75.7 cm³/mol. The number of halogens is 1. The summed E-state index contributed by atoms with van der Waals surface area (Å²) in [4.78, 5) is 13.7. The van der Waals surface area contributed by atoms with Crippen molar-refractivity contribution in [2.24, 2.45) is 0 Å². The molecule has 0 fully saturated rings. The minimum absolute atomic E-state index is 0. The average Bonchev–Trinajstić information content (AvgIpc) is 2.36. The number of carbonyl (C=O) groups is 1. The van der Waals surface area contributed by atoms with Crippen molar-refractivity contribution >= 4 is 18.3 Å². The summed E-state index contributed by atoms with van der Waals surface area (Å²) in [6.07, 6.45) is 0. The third-order valence-corrected chi connectivity index (χ3v) is 2.46. The summed E-state index contributed by atoms with van der Waals surface area (Å²) in [6.45, 7) is 4.06. The largest absolute Gasteiger partial charge is 0.494 e. The highest BCUT2D eigenvalue weighted by Gasteiger charge is 2.10. The van der Waals surface area contributed by atoms with Crippen molar-refractivity contribution in [1.82, 2.24) is 10.2 Å². The van der Waals surface area contributed by atoms with Crippen LogP contribution < -0.4 is 10.1 Å². The van der Waals surface area contributed by atoms with E-state index in [1.807, 2.05) is 26.1 Å². The van der Waals surface area contributed by atoms with E-state index in [-0.39, 0.29) is 18.3 Å². The summed E-state index contributed by atoms with van der Waals surface area (Å²) in [6, 6.07) is 7.23. The van der Waals surface area contributed by atoms with Gasteiger partial charge in [0.1, 0.15) is 5.75 Å². The number of nitrogens with one attached hydrogen (secondary N) is 1. The van der Waals surface area contributed by atoms with Gasteiger partial charge in [-0.25, -0.2) is 0 Å². The molecular weight excluding hydrogens is 252 g/mol. The number of carbonyl (C=O) groups excluding carboxylic acids is 1. The second-order valence-electron chi connectivity index (χ2n) is 3.79. The Bertz CT molecular complexity index is 355. The Hall–Kier alpha value is -1.26. The Kier molecular flexibility index (Phi) is 8.16. The zero-order chi connectivity index (χ0) is 12.7. The third-order valence-electron chi connectivity index (χ3n) is 2.46. The van der Waals surface area contributed by atoms with Gasteiger partial charge in [0, 0.05) is 25.7 Å². The van der Waals surface area contributed by atoms with Crippen molar-refractivity contribution in [3.8, 4) is 5.75 Å². The number of hydrogen-bond acceptors (Lipinski definition) is 3. The van der Waals surface area contributed by atoms with E-state index in [0.717, 1.165) is 12.3 Å². The first-order valence-corrected chi connectivity index (χ1v) is 5.82. The molecule has 0 bridgehead atoms. The molecule has 0 aliphatic rings. The molecule has 102 valence electrons. The molecule has 0 atom stereocenters. The van der Waals surface area contributed by atoms with E-state index in [4.69, 9.17) is 4.74 Å². The second kappa shape index (κ2) is 8.78. The van der Waals surface area contributed by atoms with E-state index < -0.39 is 0 Å². The molecule has 1 amide bonds. The lowest BCUT2D eigenvalue weighted by Gasteiger charge is -2.17. The lowest BCUT2D eigenvalue weighted by atomic mass is 10.2. The molecule has 0 radical (unpaired) electrons. The van der Waals surface area contributed by atoms with E-state index in [1.54, 1.807) is 24.1 Å². The summed E-state index contributed by atoms with van der Waals surface area (Å²) in [5, 5.41) is 3.02. The van der Waals surface area contributed by atoms with Gasteiger partial charge in [-0.1, -0.05) is 0 Å². The Morgan fingerprint density at radius 1 is 1.33 bits per heavy atom. The molecule has 0 aliphatic heterocycles. The van der Waals surface area contributed by atoms with Gasteiger partial charge in [0.05, 0.1) is 6.61 Å². The van der Waals surface area contributed by atoms with Crippen LogP contribution in [0.25, 0.3) is 0 Å². The number of amides is 1. The minimum Gasteiger partial charge on any atom is -0.494 e. The monoisotopic (exact) mass is 272 g/mol. The van der Waals surface area contributed by atoms with Crippen LogP contribution in [0, 0.1) is 0 Å². The molecule has 1 N–H and O–H groups in total. The third kappa shape index (κ3) is 4.94. The normalized spacial score (nSPS) is 9.50. The SMILES string of the molecule is CCOc1ccc(C(=O)N(C)CCNC)cc1.Cl. The van der Waals surface area contributed by atoms with Crippen LogP contribution in [0.1, 0.15) is 17.3 Å². The van der Waals surface area contributed by atoms with Gasteiger partial charge in [-0.2, -0.15) is 0 Å². The first kappa shape index (κ1) is 16.7. The number of ether oxygens (including phenoxy) is 1. The summed E-state index contributed by atoms with van der Waals surface area (Å²) in [7, 11) is 3.67. The fourth-order valence-corrected chi connectivity index (χ4v) is 1.46. The number of rotatable bonds is 6. The molecule has 1 aromatic rings. The molecule has 1 rings (SSSR count). The smallest absolute Gasteiger partial charge is 0.253 e.